The molecule has 0 saturated heterocycles. The summed E-state index contributed by atoms with van der Waals surface area (Å²) in [4.78, 5) is 14.1. The van der Waals surface area contributed by atoms with Crippen LogP contribution in [-0.4, -0.2) is 10.9 Å². The van der Waals surface area contributed by atoms with Gasteiger partial charge >= 0.3 is 0 Å². The van der Waals surface area contributed by atoms with Gasteiger partial charge in [0.1, 0.15) is 0 Å². The van der Waals surface area contributed by atoms with Crippen molar-refractivity contribution in [3.63, 3.8) is 0 Å². The van der Waals surface area contributed by atoms with Gasteiger partial charge in [0.2, 0.25) is 5.91 Å². The maximum Gasteiger partial charge on any atom is 0.223 e. The topological polar surface area (TPSA) is 58.9 Å². The van der Waals surface area contributed by atoms with E-state index < -0.39 is 0 Å². The van der Waals surface area contributed by atoms with E-state index >= 15 is 0 Å². The van der Waals surface area contributed by atoms with Crippen LogP contribution < -0.4 is 5.73 Å². The minimum Gasteiger partial charge on any atom is -0.369 e. The molecule has 15 heavy (non-hydrogen) atoms. The lowest BCUT2D eigenvalue weighted by Crippen LogP contribution is -2.14. The fourth-order valence-corrected chi connectivity index (χ4v) is 1.85. The number of nitrogens with two attached hydrogens (primary N) is 1. The first-order valence-electron chi connectivity index (χ1n) is 4.94. The molecule has 3 N–H and O–H groups in total. The van der Waals surface area contributed by atoms with Crippen molar-refractivity contribution in [2.75, 3.05) is 0 Å². The number of hydrogen-bond acceptors (Lipinski definition) is 1. The Balaban J connectivity index is 2.59. The van der Waals surface area contributed by atoms with Gasteiger partial charge in [0.15, 0.2) is 0 Å². The number of amides is 1. The fraction of sp³-hybridized carbons (Fsp3) is 0.250. The number of H-pyrrole nitrogens is 1. The second kappa shape index (κ2) is 3.42. The van der Waals surface area contributed by atoms with Crippen molar-refractivity contribution in [1.29, 1.82) is 0 Å². The van der Waals surface area contributed by atoms with E-state index in [1.165, 1.54) is 10.9 Å². The average Bonchev–Trinajstić information content (AvgIpc) is 2.44. The summed E-state index contributed by atoms with van der Waals surface area (Å²) in [7, 11) is 0. The van der Waals surface area contributed by atoms with E-state index in [4.69, 9.17) is 5.73 Å². The third-order valence-electron chi connectivity index (χ3n) is 2.67. The lowest BCUT2D eigenvalue weighted by atomic mass is 10.1. The lowest BCUT2D eigenvalue weighted by Gasteiger charge is -1.95. The maximum absolute atomic E-state index is 10.9. The Hall–Kier alpha value is -1.77. The van der Waals surface area contributed by atoms with E-state index in [1.54, 1.807) is 0 Å². The summed E-state index contributed by atoms with van der Waals surface area (Å²) in [6.45, 7) is 4.07. The molecule has 2 rings (SSSR count). The zero-order valence-corrected chi connectivity index (χ0v) is 8.92. The van der Waals surface area contributed by atoms with Crippen LogP contribution in [0.15, 0.2) is 18.2 Å². The van der Waals surface area contributed by atoms with Gasteiger partial charge in [-0.3, -0.25) is 4.79 Å². The summed E-state index contributed by atoms with van der Waals surface area (Å²) in [5.74, 6) is -0.304. The number of carbonyl (C=O) groups is 1. The van der Waals surface area contributed by atoms with Crippen LogP contribution in [0.5, 0.6) is 0 Å². The van der Waals surface area contributed by atoms with Crippen molar-refractivity contribution >= 4 is 16.8 Å². The molecule has 0 spiro atoms. The molecule has 0 aliphatic carbocycles. The number of benzene rings is 1. The summed E-state index contributed by atoms with van der Waals surface area (Å²) in [6, 6.07) is 6.19. The normalized spacial score (nSPS) is 10.8. The number of nitrogens with one attached hydrogen (secondary N) is 1. The van der Waals surface area contributed by atoms with E-state index in [9.17, 15) is 4.79 Å². The zero-order chi connectivity index (χ0) is 11.0. The molecule has 0 aliphatic heterocycles. The van der Waals surface area contributed by atoms with Crippen molar-refractivity contribution in [2.24, 2.45) is 5.73 Å². The molecular formula is C12H14N2O. The van der Waals surface area contributed by atoms with E-state index in [1.807, 2.05) is 19.1 Å². The molecule has 1 heterocycles. The number of fused-ring (bicyclic) bond motifs is 1. The van der Waals surface area contributed by atoms with Gasteiger partial charge in [0, 0.05) is 16.6 Å². The molecule has 3 heteroatoms. The average molecular weight is 202 g/mol. The van der Waals surface area contributed by atoms with Crippen LogP contribution in [0.25, 0.3) is 10.9 Å². The quantitative estimate of drug-likeness (QED) is 0.766. The van der Waals surface area contributed by atoms with Crippen molar-refractivity contribution in [3.8, 4) is 0 Å². The van der Waals surface area contributed by atoms with Gasteiger partial charge in [0.25, 0.3) is 0 Å². The summed E-state index contributed by atoms with van der Waals surface area (Å²) in [5, 5.41) is 1.17. The van der Waals surface area contributed by atoms with Gasteiger partial charge in [-0.05, 0) is 31.5 Å². The Labute approximate surface area is 88.3 Å². The molecule has 0 aliphatic rings. The highest BCUT2D eigenvalue weighted by Gasteiger charge is 2.09. The Morgan fingerprint density at radius 3 is 2.80 bits per heavy atom. The number of carbonyl (C=O) groups excluding carboxylic acids is 1. The fourth-order valence-electron chi connectivity index (χ4n) is 1.85. The predicted octanol–water partition coefficient (Wildman–Crippen LogP) is 1.81. The summed E-state index contributed by atoms with van der Waals surface area (Å²) >= 11 is 0. The van der Waals surface area contributed by atoms with Crippen LogP contribution in [0.2, 0.25) is 0 Å². The van der Waals surface area contributed by atoms with E-state index in [2.05, 4.69) is 18.0 Å². The third kappa shape index (κ3) is 1.73. The second-order valence-electron chi connectivity index (χ2n) is 3.92. The Bertz CT molecular complexity index is 526. The molecule has 0 unspecified atom stereocenters. The molecule has 0 saturated carbocycles. The second-order valence-corrected chi connectivity index (χ2v) is 3.92. The van der Waals surface area contributed by atoms with Crippen LogP contribution in [0, 0.1) is 13.8 Å². The molecule has 1 amide bonds. The number of primary amides is 1. The largest absolute Gasteiger partial charge is 0.369 e. The molecule has 3 nitrogen and oxygen atoms in total. The monoisotopic (exact) mass is 202 g/mol. The van der Waals surface area contributed by atoms with Gasteiger partial charge in [-0.2, -0.15) is 0 Å². The molecule has 78 valence electrons. The number of aryl methyl sites for hydroxylation is 2. The number of aromatic nitrogens is 1. The number of rotatable bonds is 2. The third-order valence-corrected chi connectivity index (χ3v) is 2.67. The summed E-state index contributed by atoms with van der Waals surface area (Å²) < 4.78 is 0. The van der Waals surface area contributed by atoms with Crippen molar-refractivity contribution in [1.82, 2.24) is 4.98 Å². The molecule has 0 fully saturated rings. The van der Waals surface area contributed by atoms with Crippen molar-refractivity contribution in [3.05, 3.63) is 35.0 Å². The molecule has 2 aromatic rings. The first-order chi connectivity index (χ1) is 7.08. The minimum atomic E-state index is -0.304. The molecule has 0 bridgehead atoms. The number of hydrogen-bond donors (Lipinski definition) is 2. The molecule has 0 radical (unpaired) electrons. The minimum absolute atomic E-state index is 0.277. The lowest BCUT2D eigenvalue weighted by molar-refractivity contribution is -0.117. The highest BCUT2D eigenvalue weighted by molar-refractivity contribution is 5.87. The van der Waals surface area contributed by atoms with E-state index in [-0.39, 0.29) is 12.3 Å². The van der Waals surface area contributed by atoms with Crippen LogP contribution in [0.3, 0.4) is 0 Å². The predicted molar refractivity (Wildman–Crippen MR) is 60.7 cm³/mol. The Morgan fingerprint density at radius 1 is 1.40 bits per heavy atom. The smallest absolute Gasteiger partial charge is 0.223 e. The van der Waals surface area contributed by atoms with Gasteiger partial charge in [0.05, 0.1) is 6.42 Å². The van der Waals surface area contributed by atoms with Gasteiger partial charge in [-0.1, -0.05) is 11.6 Å². The maximum atomic E-state index is 10.9. The standard InChI is InChI=1S/C12H14N2O/c1-7-3-4-10-9(5-7)8(2)11(14-10)6-12(13)15/h3-5,14H,6H2,1-2H3,(H2,13,15). The van der Waals surface area contributed by atoms with Crippen LogP contribution >= 0.6 is 0 Å². The van der Waals surface area contributed by atoms with Crippen molar-refractivity contribution in [2.45, 2.75) is 20.3 Å². The zero-order valence-electron chi connectivity index (χ0n) is 8.92. The highest BCUT2D eigenvalue weighted by Crippen LogP contribution is 2.22. The van der Waals surface area contributed by atoms with Crippen LogP contribution in [-0.2, 0) is 11.2 Å². The molecule has 0 atom stereocenters. The highest BCUT2D eigenvalue weighted by atomic mass is 16.1. The molecule has 1 aromatic carbocycles. The van der Waals surface area contributed by atoms with E-state index in [0.717, 1.165) is 16.8 Å². The molecule has 1 aromatic heterocycles. The van der Waals surface area contributed by atoms with E-state index in [0.29, 0.717) is 0 Å². The SMILES string of the molecule is Cc1ccc2[nH]c(CC(N)=O)c(C)c2c1. The number of aromatic amines is 1. The Kier molecular flexibility index (Phi) is 2.23. The van der Waals surface area contributed by atoms with Crippen molar-refractivity contribution < 1.29 is 4.79 Å². The first-order valence-corrected chi connectivity index (χ1v) is 4.94. The molecular weight excluding hydrogens is 188 g/mol. The van der Waals surface area contributed by atoms with Crippen LogP contribution in [0.1, 0.15) is 16.8 Å². The van der Waals surface area contributed by atoms with Crippen LogP contribution in [0.4, 0.5) is 0 Å². The summed E-state index contributed by atoms with van der Waals surface area (Å²) in [5.41, 5.74) is 9.51. The van der Waals surface area contributed by atoms with Gasteiger partial charge < -0.3 is 10.7 Å². The Morgan fingerprint density at radius 2 is 2.13 bits per heavy atom. The summed E-state index contributed by atoms with van der Waals surface area (Å²) in [6.07, 6.45) is 0.277. The van der Waals surface area contributed by atoms with Gasteiger partial charge in [-0.25, -0.2) is 0 Å². The van der Waals surface area contributed by atoms with Gasteiger partial charge in [-0.15, -0.1) is 0 Å². The first kappa shape index (κ1) is 9.77.